The molecule has 1 aliphatic rings. The lowest BCUT2D eigenvalue weighted by Gasteiger charge is -2.27. The number of aliphatic hydroxyl groups is 1. The van der Waals surface area contributed by atoms with E-state index in [-0.39, 0.29) is 17.6 Å². The van der Waals surface area contributed by atoms with Crippen LogP contribution in [-0.4, -0.2) is 11.7 Å². The molecule has 0 saturated heterocycles. The van der Waals surface area contributed by atoms with Gasteiger partial charge in [0.1, 0.15) is 0 Å². The number of benzene rings is 1. The van der Waals surface area contributed by atoms with Crippen molar-refractivity contribution in [2.45, 2.75) is 50.5 Å². The second kappa shape index (κ2) is 4.43. The quantitative estimate of drug-likeness (QED) is 0.843. The van der Waals surface area contributed by atoms with Crippen LogP contribution in [0.5, 0.6) is 0 Å². The van der Waals surface area contributed by atoms with Crippen molar-refractivity contribution in [1.29, 1.82) is 0 Å². The van der Waals surface area contributed by atoms with Crippen molar-refractivity contribution < 1.29 is 5.11 Å². The zero-order valence-corrected chi connectivity index (χ0v) is 10.9. The van der Waals surface area contributed by atoms with Crippen molar-refractivity contribution in [3.8, 4) is 0 Å². The minimum Gasteiger partial charge on any atom is -0.395 e. The normalized spacial score (nSPS) is 19.5. The first-order valence-corrected chi connectivity index (χ1v) is 6.49. The van der Waals surface area contributed by atoms with Crippen LogP contribution in [0.3, 0.4) is 0 Å². The smallest absolute Gasteiger partial charge is 0.0522 e. The molecule has 94 valence electrons. The third-order valence-corrected chi connectivity index (χ3v) is 4.13. The van der Waals surface area contributed by atoms with Gasteiger partial charge in [0.2, 0.25) is 0 Å². The van der Waals surface area contributed by atoms with Crippen molar-refractivity contribution in [2.75, 3.05) is 6.61 Å². The monoisotopic (exact) mass is 233 g/mol. The SMILES string of the molecule is CC(C)(CO)c1ccc(C2(N)CCCC2)cc1. The van der Waals surface area contributed by atoms with Gasteiger partial charge in [-0.3, -0.25) is 0 Å². The predicted octanol–water partition coefficient (Wildman–Crippen LogP) is 2.68. The molecular formula is C15H23NO. The molecule has 2 nitrogen and oxygen atoms in total. The van der Waals surface area contributed by atoms with E-state index < -0.39 is 0 Å². The van der Waals surface area contributed by atoms with Crippen LogP contribution in [0.2, 0.25) is 0 Å². The maximum atomic E-state index is 9.35. The standard InChI is InChI=1S/C15H23NO/c1-14(2,11-17)12-5-7-13(8-6-12)15(16)9-3-4-10-15/h5-8,17H,3-4,9-11,16H2,1-2H3. The molecule has 2 rings (SSSR count). The first kappa shape index (κ1) is 12.6. The summed E-state index contributed by atoms with van der Waals surface area (Å²) in [5, 5.41) is 9.35. The zero-order chi connectivity index (χ0) is 12.5. The summed E-state index contributed by atoms with van der Waals surface area (Å²) in [5.74, 6) is 0. The number of aliphatic hydroxyl groups excluding tert-OH is 1. The molecule has 0 radical (unpaired) electrons. The fourth-order valence-corrected chi connectivity index (χ4v) is 2.64. The molecule has 0 amide bonds. The summed E-state index contributed by atoms with van der Waals surface area (Å²) in [7, 11) is 0. The van der Waals surface area contributed by atoms with Gasteiger partial charge in [-0.1, -0.05) is 51.0 Å². The first-order chi connectivity index (χ1) is 7.98. The fraction of sp³-hybridized carbons (Fsp3) is 0.600. The summed E-state index contributed by atoms with van der Waals surface area (Å²) in [6.07, 6.45) is 4.66. The van der Waals surface area contributed by atoms with Crippen molar-refractivity contribution in [1.82, 2.24) is 0 Å². The van der Waals surface area contributed by atoms with Crippen LogP contribution in [0.4, 0.5) is 0 Å². The Bertz CT molecular complexity index is 374. The van der Waals surface area contributed by atoms with Crippen LogP contribution in [0.1, 0.15) is 50.7 Å². The van der Waals surface area contributed by atoms with Crippen molar-refractivity contribution in [3.05, 3.63) is 35.4 Å². The highest BCUT2D eigenvalue weighted by molar-refractivity contribution is 5.32. The number of hydrogen-bond donors (Lipinski definition) is 2. The molecule has 1 fully saturated rings. The minimum atomic E-state index is -0.171. The summed E-state index contributed by atoms with van der Waals surface area (Å²) in [5.41, 5.74) is 8.56. The van der Waals surface area contributed by atoms with Gasteiger partial charge in [-0.2, -0.15) is 0 Å². The predicted molar refractivity (Wildman–Crippen MR) is 70.9 cm³/mol. The molecule has 1 saturated carbocycles. The van der Waals surface area contributed by atoms with Crippen LogP contribution in [0.15, 0.2) is 24.3 Å². The van der Waals surface area contributed by atoms with E-state index in [4.69, 9.17) is 5.73 Å². The number of rotatable bonds is 3. The van der Waals surface area contributed by atoms with Gasteiger partial charge in [0, 0.05) is 11.0 Å². The average molecular weight is 233 g/mol. The third-order valence-electron chi connectivity index (χ3n) is 4.13. The van der Waals surface area contributed by atoms with Gasteiger partial charge >= 0.3 is 0 Å². The summed E-state index contributed by atoms with van der Waals surface area (Å²) in [6.45, 7) is 4.27. The Balaban J connectivity index is 2.24. The van der Waals surface area contributed by atoms with Gasteiger partial charge in [-0.25, -0.2) is 0 Å². The highest BCUT2D eigenvalue weighted by atomic mass is 16.3. The van der Waals surface area contributed by atoms with E-state index in [0.29, 0.717) is 0 Å². The van der Waals surface area contributed by atoms with E-state index in [1.54, 1.807) is 0 Å². The van der Waals surface area contributed by atoms with Crippen molar-refractivity contribution in [2.24, 2.45) is 5.73 Å². The fourth-order valence-electron chi connectivity index (χ4n) is 2.64. The topological polar surface area (TPSA) is 46.2 Å². The average Bonchev–Trinajstić information content (AvgIpc) is 2.78. The Hall–Kier alpha value is -0.860. The molecular weight excluding hydrogens is 210 g/mol. The molecule has 3 N–H and O–H groups in total. The lowest BCUT2D eigenvalue weighted by molar-refractivity contribution is 0.218. The molecule has 0 atom stereocenters. The van der Waals surface area contributed by atoms with Crippen molar-refractivity contribution >= 4 is 0 Å². The van der Waals surface area contributed by atoms with E-state index in [2.05, 4.69) is 38.1 Å². The van der Waals surface area contributed by atoms with E-state index >= 15 is 0 Å². The first-order valence-electron chi connectivity index (χ1n) is 6.49. The largest absolute Gasteiger partial charge is 0.395 e. The Morgan fingerprint density at radius 1 is 1.18 bits per heavy atom. The Kier molecular flexibility index (Phi) is 3.28. The lowest BCUT2D eigenvalue weighted by atomic mass is 9.82. The van der Waals surface area contributed by atoms with Gasteiger partial charge in [0.05, 0.1) is 6.61 Å². The van der Waals surface area contributed by atoms with Crippen LogP contribution in [0, 0.1) is 0 Å². The van der Waals surface area contributed by atoms with Crippen LogP contribution in [0.25, 0.3) is 0 Å². The second-order valence-electron chi connectivity index (χ2n) is 5.98. The van der Waals surface area contributed by atoms with E-state index in [1.807, 2.05) is 0 Å². The molecule has 2 heteroatoms. The maximum Gasteiger partial charge on any atom is 0.0522 e. The van der Waals surface area contributed by atoms with Crippen LogP contribution < -0.4 is 5.73 Å². The molecule has 1 aliphatic carbocycles. The molecule has 0 aromatic heterocycles. The highest BCUT2D eigenvalue weighted by Gasteiger charge is 2.31. The Morgan fingerprint density at radius 3 is 2.18 bits per heavy atom. The number of hydrogen-bond acceptors (Lipinski definition) is 2. The van der Waals surface area contributed by atoms with Crippen LogP contribution in [-0.2, 0) is 11.0 Å². The molecule has 0 bridgehead atoms. The molecule has 0 heterocycles. The van der Waals surface area contributed by atoms with Gasteiger partial charge in [0.25, 0.3) is 0 Å². The molecule has 0 spiro atoms. The third kappa shape index (κ3) is 2.38. The summed E-state index contributed by atoms with van der Waals surface area (Å²) in [6, 6.07) is 8.49. The maximum absolute atomic E-state index is 9.35. The molecule has 1 aromatic carbocycles. The van der Waals surface area contributed by atoms with Gasteiger partial charge in [0.15, 0.2) is 0 Å². The van der Waals surface area contributed by atoms with Gasteiger partial charge in [-0.15, -0.1) is 0 Å². The molecule has 0 aliphatic heterocycles. The molecule has 0 unspecified atom stereocenters. The Morgan fingerprint density at radius 2 is 1.71 bits per heavy atom. The van der Waals surface area contributed by atoms with Gasteiger partial charge in [-0.05, 0) is 24.0 Å². The van der Waals surface area contributed by atoms with E-state index in [0.717, 1.165) is 12.8 Å². The minimum absolute atomic E-state index is 0.109. The molecule has 17 heavy (non-hydrogen) atoms. The summed E-state index contributed by atoms with van der Waals surface area (Å²) < 4.78 is 0. The number of nitrogens with two attached hydrogens (primary N) is 1. The summed E-state index contributed by atoms with van der Waals surface area (Å²) >= 11 is 0. The zero-order valence-electron chi connectivity index (χ0n) is 10.9. The second-order valence-corrected chi connectivity index (χ2v) is 5.98. The van der Waals surface area contributed by atoms with Crippen molar-refractivity contribution in [3.63, 3.8) is 0 Å². The van der Waals surface area contributed by atoms with Gasteiger partial charge < -0.3 is 10.8 Å². The van der Waals surface area contributed by atoms with E-state index in [9.17, 15) is 5.11 Å². The summed E-state index contributed by atoms with van der Waals surface area (Å²) in [4.78, 5) is 0. The lowest BCUT2D eigenvalue weighted by Crippen LogP contribution is -2.33. The van der Waals surface area contributed by atoms with Crippen LogP contribution >= 0.6 is 0 Å². The highest BCUT2D eigenvalue weighted by Crippen LogP contribution is 2.36. The Labute approximate surface area is 104 Å². The van der Waals surface area contributed by atoms with E-state index in [1.165, 1.54) is 24.0 Å². The molecule has 1 aromatic rings.